The first-order valence-corrected chi connectivity index (χ1v) is 7.99. The molecule has 1 aromatic heterocycles. The van der Waals surface area contributed by atoms with E-state index in [-0.39, 0.29) is 5.91 Å². The normalized spacial score (nSPS) is 10.8. The second-order valence-corrected chi connectivity index (χ2v) is 6.09. The number of carbonyl (C=O) groups excluding carboxylic acids is 1. The number of amides is 1. The fourth-order valence-electron chi connectivity index (χ4n) is 2.39. The van der Waals surface area contributed by atoms with Gasteiger partial charge in [0, 0.05) is 21.1 Å². The number of halogens is 1. The van der Waals surface area contributed by atoms with E-state index >= 15 is 0 Å². The third-order valence-corrected chi connectivity index (χ3v) is 4.11. The number of aryl methyl sites for hydroxylation is 1. The van der Waals surface area contributed by atoms with Crippen LogP contribution in [0, 0.1) is 0 Å². The quantitative estimate of drug-likeness (QED) is 0.718. The van der Waals surface area contributed by atoms with Gasteiger partial charge >= 0.3 is 0 Å². The molecule has 0 bridgehead atoms. The van der Waals surface area contributed by atoms with Crippen LogP contribution in [-0.4, -0.2) is 5.91 Å². The van der Waals surface area contributed by atoms with E-state index in [2.05, 4.69) is 28.2 Å². The van der Waals surface area contributed by atoms with E-state index in [1.807, 2.05) is 42.5 Å². The van der Waals surface area contributed by atoms with Crippen LogP contribution in [-0.2, 0) is 17.6 Å². The Labute approximate surface area is 137 Å². The number of rotatable bonds is 4. The lowest BCUT2D eigenvalue weighted by Gasteiger charge is -2.05. The summed E-state index contributed by atoms with van der Waals surface area (Å²) in [4.78, 5) is 12.2. The Hall–Kier alpha value is -2.07. The van der Waals surface area contributed by atoms with Crippen molar-refractivity contribution in [3.8, 4) is 0 Å². The predicted octanol–water partition coefficient (Wildman–Crippen LogP) is 4.94. The second kappa shape index (κ2) is 6.36. The molecule has 0 unspecified atom stereocenters. The molecule has 3 rings (SSSR count). The Bertz CT molecular complexity index is 806. The Morgan fingerprint density at radius 2 is 1.95 bits per heavy atom. The molecule has 1 amide bonds. The van der Waals surface area contributed by atoms with Gasteiger partial charge in [-0.05, 0) is 42.3 Å². The van der Waals surface area contributed by atoms with Crippen molar-refractivity contribution in [2.24, 2.45) is 0 Å². The molecule has 0 aliphatic carbocycles. The zero-order valence-corrected chi connectivity index (χ0v) is 13.8. The van der Waals surface area contributed by atoms with Crippen LogP contribution in [0.5, 0.6) is 0 Å². The molecule has 0 fully saturated rings. The fourth-order valence-corrected chi connectivity index (χ4v) is 2.75. The van der Waals surface area contributed by atoms with E-state index in [1.54, 1.807) is 6.26 Å². The van der Waals surface area contributed by atoms with Gasteiger partial charge in [0.15, 0.2) is 0 Å². The largest absolute Gasteiger partial charge is 0.464 e. The first-order chi connectivity index (χ1) is 10.7. The minimum absolute atomic E-state index is 0.0491. The Balaban J connectivity index is 1.73. The van der Waals surface area contributed by atoms with E-state index in [9.17, 15) is 4.79 Å². The minimum atomic E-state index is -0.0491. The van der Waals surface area contributed by atoms with Crippen LogP contribution in [0.3, 0.4) is 0 Å². The van der Waals surface area contributed by atoms with Gasteiger partial charge in [0.25, 0.3) is 0 Å². The zero-order valence-electron chi connectivity index (χ0n) is 12.2. The fraction of sp³-hybridized carbons (Fsp3) is 0.167. The first kappa shape index (κ1) is 14.9. The highest BCUT2D eigenvalue weighted by Gasteiger charge is 2.11. The van der Waals surface area contributed by atoms with Crippen molar-refractivity contribution in [1.29, 1.82) is 0 Å². The summed E-state index contributed by atoms with van der Waals surface area (Å²) in [5.41, 5.74) is 3.75. The number of hydrogen-bond donors (Lipinski definition) is 1. The number of fused-ring (bicyclic) bond motifs is 1. The van der Waals surface area contributed by atoms with Crippen molar-refractivity contribution in [2.45, 2.75) is 19.8 Å². The molecule has 112 valence electrons. The Morgan fingerprint density at radius 1 is 1.18 bits per heavy atom. The topological polar surface area (TPSA) is 42.2 Å². The van der Waals surface area contributed by atoms with Gasteiger partial charge in [0.2, 0.25) is 5.91 Å². The number of nitrogens with one attached hydrogen (secondary N) is 1. The van der Waals surface area contributed by atoms with Gasteiger partial charge in [-0.1, -0.05) is 35.0 Å². The second-order valence-electron chi connectivity index (χ2n) is 5.18. The van der Waals surface area contributed by atoms with E-state index < -0.39 is 0 Å². The third-order valence-electron chi connectivity index (χ3n) is 3.61. The summed E-state index contributed by atoms with van der Waals surface area (Å²) < 4.78 is 6.46. The maximum absolute atomic E-state index is 12.2. The SMILES string of the molecule is CCc1ccc(NC(=O)Cc2coc3ccc(Br)cc23)cc1. The number of hydrogen-bond acceptors (Lipinski definition) is 2. The number of furan rings is 1. The van der Waals surface area contributed by atoms with Crippen LogP contribution in [0.4, 0.5) is 5.69 Å². The average Bonchev–Trinajstić information content (AvgIpc) is 2.90. The highest BCUT2D eigenvalue weighted by Crippen LogP contribution is 2.25. The van der Waals surface area contributed by atoms with Gasteiger partial charge in [0.05, 0.1) is 12.7 Å². The van der Waals surface area contributed by atoms with Crippen LogP contribution in [0.25, 0.3) is 11.0 Å². The lowest BCUT2D eigenvalue weighted by Crippen LogP contribution is -2.14. The number of carbonyl (C=O) groups is 1. The van der Waals surface area contributed by atoms with Gasteiger partial charge in [-0.3, -0.25) is 4.79 Å². The van der Waals surface area contributed by atoms with E-state index in [0.29, 0.717) is 6.42 Å². The van der Waals surface area contributed by atoms with E-state index in [1.165, 1.54) is 5.56 Å². The van der Waals surface area contributed by atoms with Crippen LogP contribution < -0.4 is 5.32 Å². The number of benzene rings is 2. The van der Waals surface area contributed by atoms with Crippen LogP contribution in [0.15, 0.2) is 57.6 Å². The van der Waals surface area contributed by atoms with Gasteiger partial charge < -0.3 is 9.73 Å². The predicted molar refractivity (Wildman–Crippen MR) is 92.1 cm³/mol. The smallest absolute Gasteiger partial charge is 0.228 e. The van der Waals surface area contributed by atoms with Crippen molar-refractivity contribution in [3.63, 3.8) is 0 Å². The average molecular weight is 358 g/mol. The standard InChI is InChI=1S/C18H16BrNO2/c1-2-12-3-6-15(7-4-12)20-18(21)9-13-11-22-17-8-5-14(19)10-16(13)17/h3-8,10-11H,2,9H2,1H3,(H,20,21). The summed E-state index contributed by atoms with van der Waals surface area (Å²) in [5.74, 6) is -0.0491. The minimum Gasteiger partial charge on any atom is -0.464 e. The van der Waals surface area contributed by atoms with Gasteiger partial charge in [0.1, 0.15) is 5.58 Å². The van der Waals surface area contributed by atoms with Crippen molar-refractivity contribution in [3.05, 3.63) is 64.3 Å². The molecule has 0 radical (unpaired) electrons. The van der Waals surface area contributed by atoms with Crippen molar-refractivity contribution in [1.82, 2.24) is 0 Å². The molecule has 3 aromatic rings. The highest BCUT2D eigenvalue weighted by atomic mass is 79.9. The van der Waals surface area contributed by atoms with Gasteiger partial charge in [-0.25, -0.2) is 0 Å². The van der Waals surface area contributed by atoms with Gasteiger partial charge in [-0.2, -0.15) is 0 Å². The Morgan fingerprint density at radius 3 is 2.68 bits per heavy atom. The van der Waals surface area contributed by atoms with Crippen LogP contribution >= 0.6 is 15.9 Å². The molecular weight excluding hydrogens is 342 g/mol. The molecule has 1 N–H and O–H groups in total. The maximum Gasteiger partial charge on any atom is 0.228 e. The first-order valence-electron chi connectivity index (χ1n) is 7.20. The molecule has 1 heterocycles. The highest BCUT2D eigenvalue weighted by molar-refractivity contribution is 9.10. The van der Waals surface area contributed by atoms with Crippen molar-refractivity contribution < 1.29 is 9.21 Å². The van der Waals surface area contributed by atoms with Crippen LogP contribution in [0.1, 0.15) is 18.1 Å². The molecule has 0 atom stereocenters. The molecule has 22 heavy (non-hydrogen) atoms. The third kappa shape index (κ3) is 3.22. The molecular formula is C18H16BrNO2. The lowest BCUT2D eigenvalue weighted by atomic mass is 10.1. The summed E-state index contributed by atoms with van der Waals surface area (Å²) >= 11 is 3.44. The number of anilines is 1. The summed E-state index contributed by atoms with van der Waals surface area (Å²) in [6.45, 7) is 2.11. The summed E-state index contributed by atoms with van der Waals surface area (Å²) in [6, 6.07) is 13.7. The molecule has 0 saturated carbocycles. The zero-order chi connectivity index (χ0) is 15.5. The molecule has 0 aliphatic heterocycles. The molecule has 3 nitrogen and oxygen atoms in total. The molecule has 0 saturated heterocycles. The summed E-state index contributed by atoms with van der Waals surface area (Å²) in [5, 5.41) is 3.88. The monoisotopic (exact) mass is 357 g/mol. The van der Waals surface area contributed by atoms with E-state index in [0.717, 1.165) is 33.1 Å². The molecule has 4 heteroatoms. The van der Waals surface area contributed by atoms with E-state index in [4.69, 9.17) is 4.42 Å². The lowest BCUT2D eigenvalue weighted by molar-refractivity contribution is -0.115. The van der Waals surface area contributed by atoms with Crippen molar-refractivity contribution in [2.75, 3.05) is 5.32 Å². The van der Waals surface area contributed by atoms with Crippen molar-refractivity contribution >= 4 is 38.5 Å². The maximum atomic E-state index is 12.2. The molecule has 2 aromatic carbocycles. The summed E-state index contributed by atoms with van der Waals surface area (Å²) in [7, 11) is 0. The van der Waals surface area contributed by atoms with Crippen LogP contribution in [0.2, 0.25) is 0 Å². The Kier molecular flexibility index (Phi) is 4.29. The summed E-state index contributed by atoms with van der Waals surface area (Å²) in [6.07, 6.45) is 2.93. The molecule has 0 spiro atoms. The van der Waals surface area contributed by atoms with Gasteiger partial charge in [-0.15, -0.1) is 0 Å². The molecule has 0 aliphatic rings.